The molecule has 5 heteroatoms. The maximum absolute atomic E-state index is 12.7. The van der Waals surface area contributed by atoms with E-state index in [1.807, 2.05) is 12.1 Å². The molecule has 1 unspecified atom stereocenters. The Kier molecular flexibility index (Phi) is 5.70. The molecule has 3 N–H and O–H groups in total. The minimum atomic E-state index is -0.136. The Morgan fingerprint density at radius 3 is 2.06 bits per heavy atom. The van der Waals surface area contributed by atoms with Crippen molar-refractivity contribution >= 4 is 17.6 Å². The molecule has 0 aliphatic heterocycles. The van der Waals surface area contributed by atoms with Gasteiger partial charge in [-0.15, -0.1) is 0 Å². The zero-order chi connectivity index (χ0) is 21.4. The Labute approximate surface area is 186 Å². The van der Waals surface area contributed by atoms with Gasteiger partial charge in [0, 0.05) is 23.3 Å². The number of rotatable bonds is 5. The minimum absolute atomic E-state index is 0.0154. The highest BCUT2D eigenvalue weighted by Gasteiger charge is 2.53. The molecule has 5 saturated carbocycles. The first kappa shape index (κ1) is 20.8. The summed E-state index contributed by atoms with van der Waals surface area (Å²) in [5.41, 5.74) is 1.68. The van der Waals surface area contributed by atoms with Crippen molar-refractivity contribution < 1.29 is 9.59 Å². The van der Waals surface area contributed by atoms with E-state index >= 15 is 0 Å². The van der Waals surface area contributed by atoms with Crippen LogP contribution in [0.15, 0.2) is 24.3 Å². The second kappa shape index (κ2) is 8.48. The summed E-state index contributed by atoms with van der Waals surface area (Å²) in [4.78, 5) is 25.2. The SMILES string of the molecule is CC(NC(=O)Nc1ccc(C(=O)NC2CCCCC2)cc1)C12CC3CC(CC(C3)C1)C2. The highest BCUT2D eigenvalue weighted by molar-refractivity contribution is 5.95. The first-order chi connectivity index (χ1) is 15.0. The van der Waals surface area contributed by atoms with Crippen molar-refractivity contribution in [3.63, 3.8) is 0 Å². The van der Waals surface area contributed by atoms with Gasteiger partial charge in [0.25, 0.3) is 5.91 Å². The average Bonchev–Trinajstić information content (AvgIpc) is 2.74. The number of hydrogen-bond acceptors (Lipinski definition) is 2. The van der Waals surface area contributed by atoms with E-state index in [2.05, 4.69) is 22.9 Å². The molecule has 5 nitrogen and oxygen atoms in total. The summed E-state index contributed by atoms with van der Waals surface area (Å²) in [6, 6.07) is 7.61. The van der Waals surface area contributed by atoms with Crippen LogP contribution in [-0.4, -0.2) is 24.0 Å². The molecule has 0 spiro atoms. The Hall–Kier alpha value is -2.04. The molecule has 1 atom stereocenters. The molecule has 5 aliphatic rings. The standard InChI is InChI=1S/C26H37N3O2/c1-17(26-14-18-11-19(15-26)13-20(12-18)16-26)27-25(31)29-23-9-7-21(8-10-23)24(30)28-22-5-3-2-4-6-22/h7-10,17-20,22H,2-6,11-16H2,1H3,(H,28,30)(H2,27,29,31). The van der Waals surface area contributed by atoms with Crippen LogP contribution < -0.4 is 16.0 Å². The van der Waals surface area contributed by atoms with E-state index in [1.54, 1.807) is 12.1 Å². The number of nitrogens with one attached hydrogen (secondary N) is 3. The molecule has 0 radical (unpaired) electrons. The lowest BCUT2D eigenvalue weighted by Gasteiger charge is -2.59. The van der Waals surface area contributed by atoms with Crippen LogP contribution in [0.5, 0.6) is 0 Å². The molecule has 0 heterocycles. The average molecular weight is 424 g/mol. The maximum Gasteiger partial charge on any atom is 0.319 e. The Bertz CT molecular complexity index is 777. The number of carbonyl (C=O) groups is 2. The van der Waals surface area contributed by atoms with Crippen LogP contribution in [-0.2, 0) is 0 Å². The molecular formula is C26H37N3O2. The van der Waals surface area contributed by atoms with Gasteiger partial charge in [-0.05, 0) is 106 Å². The van der Waals surface area contributed by atoms with Crippen molar-refractivity contribution in [3.05, 3.63) is 29.8 Å². The number of benzene rings is 1. The highest BCUT2D eigenvalue weighted by atomic mass is 16.2. The molecule has 5 fully saturated rings. The third-order valence-corrected chi connectivity index (χ3v) is 8.70. The first-order valence-electron chi connectivity index (χ1n) is 12.5. The van der Waals surface area contributed by atoms with Crippen LogP contribution in [0.25, 0.3) is 0 Å². The zero-order valence-corrected chi connectivity index (χ0v) is 18.8. The lowest BCUT2D eigenvalue weighted by atomic mass is 9.48. The van der Waals surface area contributed by atoms with Gasteiger partial charge in [-0.25, -0.2) is 4.79 Å². The summed E-state index contributed by atoms with van der Waals surface area (Å²) in [6.45, 7) is 2.20. The molecule has 168 valence electrons. The molecule has 0 saturated heterocycles. The second-order valence-corrected chi connectivity index (χ2v) is 11.0. The fraction of sp³-hybridized carbons (Fsp3) is 0.692. The predicted octanol–water partition coefficient (Wildman–Crippen LogP) is 5.48. The topological polar surface area (TPSA) is 70.2 Å². The van der Waals surface area contributed by atoms with E-state index in [-0.39, 0.29) is 18.0 Å². The fourth-order valence-electron chi connectivity index (χ4n) is 7.45. The summed E-state index contributed by atoms with van der Waals surface area (Å²) in [5.74, 6) is 2.63. The van der Waals surface area contributed by atoms with Crippen molar-refractivity contribution in [1.82, 2.24) is 10.6 Å². The number of carbonyl (C=O) groups excluding carboxylic acids is 2. The quantitative estimate of drug-likeness (QED) is 0.587. The monoisotopic (exact) mass is 423 g/mol. The molecule has 1 aromatic carbocycles. The molecule has 31 heavy (non-hydrogen) atoms. The van der Waals surface area contributed by atoms with Gasteiger partial charge in [0.15, 0.2) is 0 Å². The Morgan fingerprint density at radius 2 is 1.48 bits per heavy atom. The molecule has 6 rings (SSSR count). The van der Waals surface area contributed by atoms with Crippen molar-refractivity contribution in [2.24, 2.45) is 23.2 Å². The third kappa shape index (κ3) is 4.47. The Morgan fingerprint density at radius 1 is 0.903 bits per heavy atom. The first-order valence-corrected chi connectivity index (χ1v) is 12.5. The van der Waals surface area contributed by atoms with Crippen LogP contribution in [0, 0.1) is 23.2 Å². The minimum Gasteiger partial charge on any atom is -0.349 e. The number of hydrogen-bond donors (Lipinski definition) is 3. The van der Waals surface area contributed by atoms with E-state index < -0.39 is 0 Å². The van der Waals surface area contributed by atoms with Gasteiger partial charge in [-0.2, -0.15) is 0 Å². The molecule has 4 bridgehead atoms. The van der Waals surface area contributed by atoms with Crippen LogP contribution in [0.4, 0.5) is 10.5 Å². The largest absolute Gasteiger partial charge is 0.349 e. The summed E-state index contributed by atoms with van der Waals surface area (Å²) < 4.78 is 0. The summed E-state index contributed by atoms with van der Waals surface area (Å²) in [6.07, 6.45) is 13.9. The third-order valence-electron chi connectivity index (χ3n) is 8.70. The van der Waals surface area contributed by atoms with Crippen LogP contribution in [0.1, 0.15) is 87.9 Å². The van der Waals surface area contributed by atoms with Crippen molar-refractivity contribution in [2.45, 2.75) is 89.6 Å². The van der Waals surface area contributed by atoms with Crippen molar-refractivity contribution in [1.29, 1.82) is 0 Å². The van der Waals surface area contributed by atoms with E-state index in [0.717, 1.165) is 36.3 Å². The molecule has 5 aliphatic carbocycles. The van der Waals surface area contributed by atoms with Crippen molar-refractivity contribution in [2.75, 3.05) is 5.32 Å². The van der Waals surface area contributed by atoms with Gasteiger partial charge < -0.3 is 16.0 Å². The summed E-state index contributed by atoms with van der Waals surface area (Å²) in [5, 5.41) is 9.36. The van der Waals surface area contributed by atoms with Gasteiger partial charge in [-0.1, -0.05) is 19.3 Å². The fourth-order valence-corrected chi connectivity index (χ4v) is 7.45. The van der Waals surface area contributed by atoms with Gasteiger partial charge in [0.1, 0.15) is 0 Å². The highest BCUT2D eigenvalue weighted by Crippen LogP contribution is 2.61. The lowest BCUT2D eigenvalue weighted by molar-refractivity contribution is -0.0679. The summed E-state index contributed by atoms with van der Waals surface area (Å²) in [7, 11) is 0. The Balaban J connectivity index is 1.14. The van der Waals surface area contributed by atoms with Crippen LogP contribution >= 0.6 is 0 Å². The lowest BCUT2D eigenvalue weighted by Crippen LogP contribution is -2.56. The number of amides is 3. The smallest absolute Gasteiger partial charge is 0.319 e. The zero-order valence-electron chi connectivity index (χ0n) is 18.8. The molecule has 3 amide bonds. The van der Waals surface area contributed by atoms with Gasteiger partial charge >= 0.3 is 6.03 Å². The van der Waals surface area contributed by atoms with Gasteiger partial charge in [0.05, 0.1) is 0 Å². The van der Waals surface area contributed by atoms with E-state index in [1.165, 1.54) is 57.8 Å². The van der Waals surface area contributed by atoms with Crippen molar-refractivity contribution in [3.8, 4) is 0 Å². The van der Waals surface area contributed by atoms with Crippen LogP contribution in [0.3, 0.4) is 0 Å². The summed E-state index contributed by atoms with van der Waals surface area (Å²) >= 11 is 0. The predicted molar refractivity (Wildman–Crippen MR) is 123 cm³/mol. The number of anilines is 1. The van der Waals surface area contributed by atoms with Gasteiger partial charge in [0.2, 0.25) is 0 Å². The van der Waals surface area contributed by atoms with E-state index in [4.69, 9.17) is 0 Å². The second-order valence-electron chi connectivity index (χ2n) is 11.0. The molecule has 1 aromatic rings. The molecule has 0 aromatic heterocycles. The van der Waals surface area contributed by atoms with E-state index in [0.29, 0.717) is 17.0 Å². The maximum atomic E-state index is 12.7. The van der Waals surface area contributed by atoms with Crippen LogP contribution in [0.2, 0.25) is 0 Å². The normalized spacial score (nSPS) is 33.0. The molecular weight excluding hydrogens is 386 g/mol. The van der Waals surface area contributed by atoms with Gasteiger partial charge in [-0.3, -0.25) is 4.79 Å². The number of urea groups is 1. The van der Waals surface area contributed by atoms with E-state index in [9.17, 15) is 9.59 Å².